The Balaban J connectivity index is 1.35. The van der Waals surface area contributed by atoms with Crippen molar-refractivity contribution in [2.75, 3.05) is 26.2 Å². The molecule has 28 heavy (non-hydrogen) atoms. The molecule has 1 saturated heterocycles. The van der Waals surface area contributed by atoms with Crippen molar-refractivity contribution < 1.29 is 4.79 Å². The van der Waals surface area contributed by atoms with Gasteiger partial charge in [-0.1, -0.05) is 6.92 Å². The van der Waals surface area contributed by atoms with Crippen molar-refractivity contribution in [3.8, 4) is 0 Å². The Morgan fingerprint density at radius 2 is 2.11 bits per heavy atom. The summed E-state index contributed by atoms with van der Waals surface area (Å²) in [6, 6.07) is 3.87. The number of carbonyl (C=O) groups is 1. The van der Waals surface area contributed by atoms with Crippen molar-refractivity contribution in [1.82, 2.24) is 24.4 Å². The Morgan fingerprint density at radius 3 is 2.89 bits per heavy atom. The third-order valence-electron chi connectivity index (χ3n) is 5.61. The molecule has 1 amide bonds. The zero-order valence-corrected chi connectivity index (χ0v) is 17.3. The van der Waals surface area contributed by atoms with Crippen LogP contribution in [0.2, 0.25) is 0 Å². The van der Waals surface area contributed by atoms with E-state index in [0.717, 1.165) is 42.2 Å². The molecular weight excluding hydrogens is 374 g/mol. The van der Waals surface area contributed by atoms with Gasteiger partial charge >= 0.3 is 0 Å². The maximum atomic E-state index is 12.7. The number of fused-ring (bicyclic) bond motifs is 3. The number of nitrogens with one attached hydrogen (secondary N) is 1. The summed E-state index contributed by atoms with van der Waals surface area (Å²) in [5.41, 5.74) is 1.33. The van der Waals surface area contributed by atoms with Crippen LogP contribution in [0.25, 0.3) is 15.7 Å². The minimum Gasteiger partial charge on any atom is -0.354 e. The average Bonchev–Trinajstić information content (AvgIpc) is 3.26. The van der Waals surface area contributed by atoms with Crippen LogP contribution in [-0.4, -0.2) is 51.2 Å². The van der Waals surface area contributed by atoms with Crippen LogP contribution >= 0.6 is 11.3 Å². The van der Waals surface area contributed by atoms with Gasteiger partial charge in [0.1, 0.15) is 17.9 Å². The number of nitrogens with zero attached hydrogens (tertiary/aromatic N) is 4. The van der Waals surface area contributed by atoms with Crippen LogP contribution in [0.1, 0.15) is 32.0 Å². The number of piperidine rings is 1. The lowest BCUT2D eigenvalue weighted by Crippen LogP contribution is -2.37. The quantitative estimate of drug-likeness (QED) is 0.643. The summed E-state index contributed by atoms with van der Waals surface area (Å²) in [5, 5.41) is 9.28. The molecule has 3 aromatic heterocycles. The predicted molar refractivity (Wildman–Crippen MR) is 112 cm³/mol. The first-order valence-electron chi connectivity index (χ1n) is 9.98. The van der Waals surface area contributed by atoms with Gasteiger partial charge in [0.2, 0.25) is 5.91 Å². The highest BCUT2D eigenvalue weighted by Crippen LogP contribution is 2.24. The fraction of sp³-hybridized carbons (Fsp3) is 0.550. The topological polar surface area (TPSA) is 71.6 Å². The van der Waals surface area contributed by atoms with Gasteiger partial charge in [-0.2, -0.15) is 5.10 Å². The molecule has 0 bridgehead atoms. The van der Waals surface area contributed by atoms with E-state index in [4.69, 9.17) is 0 Å². The van der Waals surface area contributed by atoms with Gasteiger partial charge in [-0.05, 0) is 69.3 Å². The highest BCUT2D eigenvalue weighted by Gasteiger charge is 2.16. The lowest BCUT2D eigenvalue weighted by atomic mass is 9.99. The zero-order chi connectivity index (χ0) is 19.7. The molecule has 1 fully saturated rings. The highest BCUT2D eigenvalue weighted by molar-refractivity contribution is 7.17. The van der Waals surface area contributed by atoms with E-state index in [9.17, 15) is 9.59 Å². The molecule has 0 unspecified atom stereocenters. The van der Waals surface area contributed by atoms with E-state index in [2.05, 4.69) is 22.2 Å². The van der Waals surface area contributed by atoms with Crippen LogP contribution < -0.4 is 10.9 Å². The van der Waals surface area contributed by atoms with Crippen LogP contribution in [0.3, 0.4) is 0 Å². The number of amides is 1. The van der Waals surface area contributed by atoms with Crippen LogP contribution in [0.5, 0.6) is 0 Å². The van der Waals surface area contributed by atoms with Crippen LogP contribution in [0.4, 0.5) is 0 Å². The average molecular weight is 402 g/mol. The van der Waals surface area contributed by atoms with E-state index < -0.39 is 0 Å². The summed E-state index contributed by atoms with van der Waals surface area (Å²) in [4.78, 5) is 27.5. The second kappa shape index (κ2) is 8.05. The van der Waals surface area contributed by atoms with Gasteiger partial charge < -0.3 is 10.2 Å². The van der Waals surface area contributed by atoms with E-state index in [1.807, 2.05) is 28.8 Å². The Labute approximate surface area is 167 Å². The number of rotatable bonds is 6. The van der Waals surface area contributed by atoms with Crippen molar-refractivity contribution in [3.05, 3.63) is 33.7 Å². The molecule has 7 nitrogen and oxygen atoms in total. The number of aryl methyl sites for hydroxylation is 1. The van der Waals surface area contributed by atoms with Gasteiger partial charge in [0.05, 0.1) is 10.2 Å². The van der Waals surface area contributed by atoms with Crippen molar-refractivity contribution in [2.45, 2.75) is 39.7 Å². The van der Waals surface area contributed by atoms with Crippen molar-refractivity contribution in [1.29, 1.82) is 0 Å². The van der Waals surface area contributed by atoms with Gasteiger partial charge in [0.15, 0.2) is 0 Å². The molecule has 8 heteroatoms. The molecule has 4 rings (SSSR count). The summed E-state index contributed by atoms with van der Waals surface area (Å²) in [5.74, 6) is 1.37. The lowest BCUT2D eigenvalue weighted by molar-refractivity contribution is -0.121. The van der Waals surface area contributed by atoms with E-state index in [-0.39, 0.29) is 18.0 Å². The number of aromatic nitrogens is 3. The second-order valence-electron chi connectivity index (χ2n) is 7.77. The molecule has 0 atom stereocenters. The summed E-state index contributed by atoms with van der Waals surface area (Å²) in [7, 11) is 0. The Hall–Kier alpha value is -2.19. The summed E-state index contributed by atoms with van der Waals surface area (Å²) < 4.78 is 4.19. The predicted octanol–water partition coefficient (Wildman–Crippen LogP) is 2.26. The zero-order valence-electron chi connectivity index (χ0n) is 16.5. The Bertz CT molecular complexity index is 1040. The largest absolute Gasteiger partial charge is 0.354 e. The molecule has 0 saturated carbocycles. The minimum absolute atomic E-state index is 0.0454. The standard InChI is InChI=1S/C20H27N5O2S/c1-14-4-9-23(10-5-14)8-3-7-21-19(26)13-24-20(27)17-12-18-16(6-11-28-18)25(17)15(2)22-24/h6,11-12,14H,3-5,7-10,13H2,1-2H3,(H,21,26). The monoisotopic (exact) mass is 401 g/mol. The Morgan fingerprint density at radius 1 is 1.32 bits per heavy atom. The maximum absolute atomic E-state index is 12.7. The van der Waals surface area contributed by atoms with E-state index in [1.54, 1.807) is 11.3 Å². The lowest BCUT2D eigenvalue weighted by Gasteiger charge is -2.30. The molecule has 0 radical (unpaired) electrons. The van der Waals surface area contributed by atoms with Crippen molar-refractivity contribution in [2.24, 2.45) is 5.92 Å². The SMILES string of the molecule is Cc1nn(CC(=O)NCCCN2CCC(C)CC2)c(=O)c2cc3sccc3n12. The highest BCUT2D eigenvalue weighted by atomic mass is 32.1. The normalized spacial score (nSPS) is 16.2. The van der Waals surface area contributed by atoms with Crippen LogP contribution in [0.15, 0.2) is 22.3 Å². The van der Waals surface area contributed by atoms with Crippen LogP contribution in [0, 0.1) is 12.8 Å². The number of thiophene rings is 1. The summed E-state index contributed by atoms with van der Waals surface area (Å²) in [6.45, 7) is 8.07. The molecule has 1 aliphatic heterocycles. The molecule has 4 heterocycles. The fourth-order valence-corrected chi connectivity index (χ4v) is 4.75. The first kappa shape index (κ1) is 19.1. The third kappa shape index (κ3) is 3.84. The Kier molecular flexibility index (Phi) is 5.50. The van der Waals surface area contributed by atoms with Crippen molar-refractivity contribution >= 4 is 33.0 Å². The van der Waals surface area contributed by atoms with E-state index in [1.165, 1.54) is 17.5 Å². The number of hydrogen-bond donors (Lipinski definition) is 1. The van der Waals surface area contributed by atoms with E-state index >= 15 is 0 Å². The van der Waals surface area contributed by atoms with Gasteiger partial charge in [-0.15, -0.1) is 11.3 Å². The molecule has 1 N–H and O–H groups in total. The van der Waals surface area contributed by atoms with Gasteiger partial charge in [-0.25, -0.2) is 4.68 Å². The summed E-state index contributed by atoms with van der Waals surface area (Å²) >= 11 is 1.60. The smallest absolute Gasteiger partial charge is 0.291 e. The molecular formula is C20H27N5O2S. The molecule has 0 aromatic carbocycles. The van der Waals surface area contributed by atoms with Gasteiger partial charge in [-0.3, -0.25) is 14.0 Å². The van der Waals surface area contributed by atoms with Crippen LogP contribution in [-0.2, 0) is 11.3 Å². The molecule has 1 aliphatic rings. The first-order chi connectivity index (χ1) is 13.5. The maximum Gasteiger partial charge on any atom is 0.291 e. The molecule has 3 aromatic rings. The van der Waals surface area contributed by atoms with Crippen molar-refractivity contribution in [3.63, 3.8) is 0 Å². The van der Waals surface area contributed by atoms with Gasteiger partial charge in [0.25, 0.3) is 5.56 Å². The third-order valence-corrected chi connectivity index (χ3v) is 6.46. The summed E-state index contributed by atoms with van der Waals surface area (Å²) in [6.07, 6.45) is 3.45. The second-order valence-corrected chi connectivity index (χ2v) is 8.72. The molecule has 0 spiro atoms. The molecule has 0 aliphatic carbocycles. The van der Waals surface area contributed by atoms with Gasteiger partial charge in [0, 0.05) is 6.54 Å². The van der Waals surface area contributed by atoms with E-state index in [0.29, 0.717) is 17.9 Å². The fourth-order valence-electron chi connectivity index (χ4n) is 3.94. The molecule has 150 valence electrons. The minimum atomic E-state index is -0.230. The first-order valence-corrected chi connectivity index (χ1v) is 10.9. The number of likely N-dealkylation sites (tertiary alicyclic amines) is 1. The number of hydrogen-bond acceptors (Lipinski definition) is 5. The number of carbonyl (C=O) groups excluding carboxylic acids is 1.